The van der Waals surface area contributed by atoms with E-state index in [1.165, 1.54) is 32.1 Å². The van der Waals surface area contributed by atoms with Crippen LogP contribution in [0.1, 0.15) is 59.3 Å². The molecule has 3 atom stereocenters. The first-order chi connectivity index (χ1) is 7.63. The summed E-state index contributed by atoms with van der Waals surface area (Å²) in [5.74, 6) is 1.52. The van der Waals surface area contributed by atoms with Gasteiger partial charge in [-0.25, -0.2) is 0 Å². The second-order valence-electron chi connectivity index (χ2n) is 5.84. The van der Waals surface area contributed by atoms with E-state index in [0.717, 1.165) is 12.3 Å². The average Bonchev–Trinajstić information content (AvgIpc) is 2.43. The van der Waals surface area contributed by atoms with Gasteiger partial charge in [0.2, 0.25) is 0 Å². The van der Waals surface area contributed by atoms with Crippen LogP contribution in [-0.2, 0) is 0 Å². The van der Waals surface area contributed by atoms with Crippen molar-refractivity contribution >= 4 is 0 Å². The lowest BCUT2D eigenvalue weighted by Crippen LogP contribution is -2.41. The lowest BCUT2D eigenvalue weighted by Gasteiger charge is -2.27. The fourth-order valence-electron chi connectivity index (χ4n) is 2.70. The van der Waals surface area contributed by atoms with Crippen molar-refractivity contribution in [1.82, 2.24) is 5.32 Å². The van der Waals surface area contributed by atoms with Gasteiger partial charge in [0.25, 0.3) is 0 Å². The third-order valence-electron chi connectivity index (χ3n) is 3.95. The fraction of sp³-hybridized carbons (Fsp3) is 1.00. The van der Waals surface area contributed by atoms with Crippen molar-refractivity contribution in [1.29, 1.82) is 0 Å². The number of nitrogens with one attached hydrogen (secondary N) is 1. The Morgan fingerprint density at radius 3 is 2.56 bits per heavy atom. The molecule has 0 heterocycles. The molecule has 1 aliphatic rings. The van der Waals surface area contributed by atoms with Crippen LogP contribution in [0.2, 0.25) is 0 Å². The minimum Gasteiger partial charge on any atom is -0.396 e. The van der Waals surface area contributed by atoms with E-state index < -0.39 is 0 Å². The summed E-state index contributed by atoms with van der Waals surface area (Å²) in [6.07, 6.45) is 7.65. The maximum absolute atomic E-state index is 9.07. The van der Waals surface area contributed by atoms with Crippen LogP contribution in [0.25, 0.3) is 0 Å². The van der Waals surface area contributed by atoms with Crippen LogP contribution in [0.5, 0.6) is 0 Å². The molecule has 0 aromatic heterocycles. The zero-order chi connectivity index (χ0) is 12.0. The summed E-state index contributed by atoms with van der Waals surface area (Å²) in [4.78, 5) is 0. The van der Waals surface area contributed by atoms with E-state index in [-0.39, 0.29) is 0 Å². The zero-order valence-corrected chi connectivity index (χ0v) is 11.2. The maximum Gasteiger partial charge on any atom is 0.0445 e. The Bertz CT molecular complexity index is 182. The van der Waals surface area contributed by atoms with Crippen LogP contribution in [0, 0.1) is 11.8 Å². The first-order valence-corrected chi connectivity index (χ1v) is 7.00. The molecule has 2 N–H and O–H groups in total. The zero-order valence-electron chi connectivity index (χ0n) is 11.2. The molecule has 0 aromatic rings. The summed E-state index contributed by atoms with van der Waals surface area (Å²) in [7, 11) is 0. The minimum atomic E-state index is 0.305. The first kappa shape index (κ1) is 14.0. The summed E-state index contributed by atoms with van der Waals surface area (Å²) in [5.41, 5.74) is 0. The molecular weight excluding hydrogens is 198 g/mol. The Morgan fingerprint density at radius 1 is 1.19 bits per heavy atom. The molecule has 1 aliphatic carbocycles. The average molecular weight is 227 g/mol. The fourth-order valence-corrected chi connectivity index (χ4v) is 2.70. The topological polar surface area (TPSA) is 32.3 Å². The van der Waals surface area contributed by atoms with Gasteiger partial charge in [-0.2, -0.15) is 0 Å². The van der Waals surface area contributed by atoms with E-state index in [1.807, 2.05) is 0 Å². The van der Waals surface area contributed by atoms with Crippen molar-refractivity contribution in [3.05, 3.63) is 0 Å². The molecule has 96 valence electrons. The van der Waals surface area contributed by atoms with Crippen LogP contribution >= 0.6 is 0 Å². The number of hydrogen-bond acceptors (Lipinski definition) is 2. The van der Waals surface area contributed by atoms with Gasteiger partial charge in [0, 0.05) is 18.7 Å². The molecule has 1 fully saturated rings. The summed E-state index contributed by atoms with van der Waals surface area (Å²) in [6, 6.07) is 1.17. The van der Waals surface area contributed by atoms with Gasteiger partial charge in [-0.15, -0.1) is 0 Å². The Hall–Kier alpha value is -0.0800. The number of aliphatic hydroxyl groups excluding tert-OH is 1. The largest absolute Gasteiger partial charge is 0.396 e. The molecule has 2 heteroatoms. The van der Waals surface area contributed by atoms with E-state index in [9.17, 15) is 0 Å². The van der Waals surface area contributed by atoms with Gasteiger partial charge in [-0.05, 0) is 37.5 Å². The molecule has 16 heavy (non-hydrogen) atoms. The molecule has 1 rings (SSSR count). The van der Waals surface area contributed by atoms with E-state index in [1.54, 1.807) is 0 Å². The van der Waals surface area contributed by atoms with E-state index in [0.29, 0.717) is 24.6 Å². The molecule has 0 radical (unpaired) electrons. The van der Waals surface area contributed by atoms with Crippen LogP contribution in [0.4, 0.5) is 0 Å². The van der Waals surface area contributed by atoms with Crippen LogP contribution in [-0.4, -0.2) is 23.8 Å². The van der Waals surface area contributed by atoms with Crippen LogP contribution in [0.15, 0.2) is 0 Å². The second-order valence-corrected chi connectivity index (χ2v) is 5.84. The number of hydrogen-bond donors (Lipinski definition) is 2. The van der Waals surface area contributed by atoms with Gasteiger partial charge in [0.1, 0.15) is 0 Å². The Morgan fingerprint density at radius 2 is 1.94 bits per heavy atom. The molecule has 0 saturated heterocycles. The normalized spacial score (nSPS) is 29.1. The van der Waals surface area contributed by atoms with Gasteiger partial charge in [-0.1, -0.05) is 33.6 Å². The Balaban J connectivity index is 2.37. The Labute approximate surface area is 101 Å². The molecule has 2 nitrogen and oxygen atoms in total. The highest BCUT2D eigenvalue weighted by Crippen LogP contribution is 2.23. The molecule has 0 spiro atoms. The highest BCUT2D eigenvalue weighted by atomic mass is 16.3. The quantitative estimate of drug-likeness (QED) is 0.708. The van der Waals surface area contributed by atoms with Crippen LogP contribution in [0.3, 0.4) is 0 Å². The second kappa shape index (κ2) is 7.29. The highest BCUT2D eigenvalue weighted by molar-refractivity contribution is 4.79. The predicted octanol–water partition coefficient (Wildman–Crippen LogP) is 2.95. The van der Waals surface area contributed by atoms with Crippen LogP contribution < -0.4 is 5.32 Å². The maximum atomic E-state index is 9.07. The molecule has 1 saturated carbocycles. The SMILES string of the molecule is CC1CCCC(NC(CCO)C(C)C)CC1. The lowest BCUT2D eigenvalue weighted by molar-refractivity contribution is 0.230. The van der Waals surface area contributed by atoms with Gasteiger partial charge in [0.15, 0.2) is 0 Å². The summed E-state index contributed by atoms with van der Waals surface area (Å²) >= 11 is 0. The summed E-state index contributed by atoms with van der Waals surface area (Å²) in [6.45, 7) is 7.16. The highest BCUT2D eigenvalue weighted by Gasteiger charge is 2.20. The standard InChI is InChI=1S/C14H29NO/c1-11(2)14(9-10-16)15-13-6-4-5-12(3)7-8-13/h11-16H,4-10H2,1-3H3. The minimum absolute atomic E-state index is 0.305. The molecule has 0 bridgehead atoms. The summed E-state index contributed by atoms with van der Waals surface area (Å²) < 4.78 is 0. The first-order valence-electron chi connectivity index (χ1n) is 7.00. The predicted molar refractivity (Wildman–Crippen MR) is 69.5 cm³/mol. The van der Waals surface area contributed by atoms with Crippen molar-refractivity contribution in [2.24, 2.45) is 11.8 Å². The van der Waals surface area contributed by atoms with Crippen molar-refractivity contribution in [3.8, 4) is 0 Å². The lowest BCUT2D eigenvalue weighted by atomic mass is 9.98. The van der Waals surface area contributed by atoms with Crippen molar-refractivity contribution in [2.75, 3.05) is 6.61 Å². The Kier molecular flexibility index (Phi) is 6.37. The molecule has 0 amide bonds. The van der Waals surface area contributed by atoms with E-state index >= 15 is 0 Å². The molecule has 0 aliphatic heterocycles. The van der Waals surface area contributed by atoms with Gasteiger partial charge in [-0.3, -0.25) is 0 Å². The van der Waals surface area contributed by atoms with E-state index in [2.05, 4.69) is 26.1 Å². The molecular formula is C14H29NO. The van der Waals surface area contributed by atoms with Gasteiger partial charge >= 0.3 is 0 Å². The molecule has 3 unspecified atom stereocenters. The third kappa shape index (κ3) is 4.84. The van der Waals surface area contributed by atoms with Gasteiger partial charge in [0.05, 0.1) is 0 Å². The van der Waals surface area contributed by atoms with Crippen molar-refractivity contribution in [2.45, 2.75) is 71.4 Å². The monoisotopic (exact) mass is 227 g/mol. The van der Waals surface area contributed by atoms with Gasteiger partial charge < -0.3 is 10.4 Å². The molecule has 0 aromatic carbocycles. The summed E-state index contributed by atoms with van der Waals surface area (Å²) in [5, 5.41) is 12.8. The number of rotatable bonds is 5. The van der Waals surface area contributed by atoms with E-state index in [4.69, 9.17) is 5.11 Å². The number of aliphatic hydroxyl groups is 1. The van der Waals surface area contributed by atoms with Crippen molar-refractivity contribution < 1.29 is 5.11 Å². The van der Waals surface area contributed by atoms with Crippen molar-refractivity contribution in [3.63, 3.8) is 0 Å². The third-order valence-corrected chi connectivity index (χ3v) is 3.95. The smallest absolute Gasteiger partial charge is 0.0445 e.